The number of nitrogens with one attached hydrogen (secondary N) is 1. The first-order valence-corrected chi connectivity index (χ1v) is 10.9. The molecular formula is C25H23Cl2NO4. The highest BCUT2D eigenvalue weighted by molar-refractivity contribution is 6.36. The molecule has 0 aromatic heterocycles. The predicted octanol–water partition coefficient (Wildman–Crippen LogP) is 6.39. The number of aromatic carboxylic acids is 1. The van der Waals surface area contributed by atoms with Gasteiger partial charge in [-0.25, -0.2) is 4.79 Å². The van der Waals surface area contributed by atoms with Crippen molar-refractivity contribution in [1.29, 1.82) is 0 Å². The molecule has 0 radical (unpaired) electrons. The van der Waals surface area contributed by atoms with Crippen LogP contribution in [-0.4, -0.2) is 23.6 Å². The molecule has 166 valence electrons. The summed E-state index contributed by atoms with van der Waals surface area (Å²) in [4.78, 5) is 24.2. The lowest BCUT2D eigenvalue weighted by molar-refractivity contribution is 0.0696. The van der Waals surface area contributed by atoms with Crippen LogP contribution >= 0.6 is 23.2 Å². The maximum absolute atomic E-state index is 12.6. The van der Waals surface area contributed by atoms with E-state index in [-0.39, 0.29) is 23.0 Å². The molecule has 1 amide bonds. The van der Waals surface area contributed by atoms with Gasteiger partial charge in [0.15, 0.2) is 0 Å². The molecule has 2 N–H and O–H groups in total. The third kappa shape index (κ3) is 5.61. The van der Waals surface area contributed by atoms with E-state index in [2.05, 4.69) is 5.32 Å². The van der Waals surface area contributed by atoms with Gasteiger partial charge in [-0.1, -0.05) is 48.3 Å². The van der Waals surface area contributed by atoms with Crippen molar-refractivity contribution in [3.63, 3.8) is 0 Å². The molecule has 0 aliphatic heterocycles. The Morgan fingerprint density at radius 1 is 0.969 bits per heavy atom. The molecule has 32 heavy (non-hydrogen) atoms. The van der Waals surface area contributed by atoms with Crippen LogP contribution in [0.5, 0.6) is 5.75 Å². The summed E-state index contributed by atoms with van der Waals surface area (Å²) in [6.45, 7) is 4.52. The maximum Gasteiger partial charge on any atom is 0.335 e. The zero-order valence-electron chi connectivity index (χ0n) is 17.7. The Hall–Kier alpha value is -3.02. The number of carbonyl (C=O) groups is 2. The van der Waals surface area contributed by atoms with E-state index in [0.717, 1.165) is 23.1 Å². The van der Waals surface area contributed by atoms with Crippen molar-refractivity contribution in [1.82, 2.24) is 5.32 Å². The first kappa shape index (κ1) is 23.6. The van der Waals surface area contributed by atoms with Crippen LogP contribution in [-0.2, 0) is 6.54 Å². The van der Waals surface area contributed by atoms with Crippen molar-refractivity contribution in [2.75, 3.05) is 6.61 Å². The molecule has 0 saturated carbocycles. The van der Waals surface area contributed by atoms with E-state index < -0.39 is 5.97 Å². The molecule has 3 aromatic rings. The van der Waals surface area contributed by atoms with Crippen molar-refractivity contribution in [2.24, 2.45) is 0 Å². The van der Waals surface area contributed by atoms with Gasteiger partial charge in [0.1, 0.15) is 5.75 Å². The van der Waals surface area contributed by atoms with E-state index in [1.165, 1.54) is 6.07 Å². The fourth-order valence-corrected chi connectivity index (χ4v) is 3.72. The molecule has 7 heteroatoms. The number of aryl methyl sites for hydroxylation is 1. The van der Waals surface area contributed by atoms with Crippen LogP contribution in [0, 0.1) is 6.92 Å². The van der Waals surface area contributed by atoms with Crippen LogP contribution in [0.15, 0.2) is 54.6 Å². The van der Waals surface area contributed by atoms with E-state index in [4.69, 9.17) is 27.9 Å². The molecule has 0 spiro atoms. The van der Waals surface area contributed by atoms with Gasteiger partial charge in [-0.05, 0) is 66.4 Å². The number of benzene rings is 3. The smallest absolute Gasteiger partial charge is 0.335 e. The lowest BCUT2D eigenvalue weighted by Gasteiger charge is -2.15. The summed E-state index contributed by atoms with van der Waals surface area (Å²) >= 11 is 12.1. The van der Waals surface area contributed by atoms with E-state index in [1.54, 1.807) is 31.2 Å². The molecule has 0 fully saturated rings. The van der Waals surface area contributed by atoms with Gasteiger partial charge in [0.05, 0.1) is 22.8 Å². The molecule has 0 unspecified atom stereocenters. The molecule has 0 aliphatic carbocycles. The number of amides is 1. The predicted molar refractivity (Wildman–Crippen MR) is 127 cm³/mol. The van der Waals surface area contributed by atoms with Gasteiger partial charge in [-0.3, -0.25) is 4.79 Å². The number of halogens is 2. The van der Waals surface area contributed by atoms with Crippen LogP contribution in [0.25, 0.3) is 11.1 Å². The fraction of sp³-hybridized carbons (Fsp3) is 0.200. The summed E-state index contributed by atoms with van der Waals surface area (Å²) in [7, 11) is 0. The van der Waals surface area contributed by atoms with E-state index in [9.17, 15) is 14.7 Å². The van der Waals surface area contributed by atoms with E-state index in [0.29, 0.717) is 28.5 Å². The van der Waals surface area contributed by atoms with E-state index >= 15 is 0 Å². The largest absolute Gasteiger partial charge is 0.493 e. The number of carboxylic acid groups (broad SMARTS) is 1. The van der Waals surface area contributed by atoms with Crippen LogP contribution in [0.3, 0.4) is 0 Å². The lowest BCUT2D eigenvalue weighted by Crippen LogP contribution is -2.23. The summed E-state index contributed by atoms with van der Waals surface area (Å²) in [6.07, 6.45) is 0.841. The number of hydrogen-bond acceptors (Lipinski definition) is 3. The Morgan fingerprint density at radius 3 is 2.38 bits per heavy atom. The van der Waals surface area contributed by atoms with Crippen molar-refractivity contribution in [3.05, 3.63) is 86.9 Å². The van der Waals surface area contributed by atoms with Gasteiger partial charge < -0.3 is 15.2 Å². The number of hydrogen-bond donors (Lipinski definition) is 2. The molecule has 0 saturated heterocycles. The highest BCUT2D eigenvalue weighted by atomic mass is 35.5. The third-order valence-electron chi connectivity index (χ3n) is 4.94. The van der Waals surface area contributed by atoms with Crippen LogP contribution in [0.1, 0.15) is 45.2 Å². The standard InChI is InChI=1S/C25H23Cl2NO4/c1-3-10-32-23-9-6-16(17-5-4-15(2)21(12-17)25(30)31)11-18(23)14-28-24(29)20-8-7-19(26)13-22(20)27/h4-9,11-13H,3,10,14H2,1-2H3,(H,28,29)(H,30,31). The van der Waals surface area contributed by atoms with Gasteiger partial charge in [-0.2, -0.15) is 0 Å². The molecule has 0 atom stereocenters. The summed E-state index contributed by atoms with van der Waals surface area (Å²) < 4.78 is 5.85. The molecule has 5 nitrogen and oxygen atoms in total. The molecule has 0 aliphatic rings. The highest BCUT2D eigenvalue weighted by Crippen LogP contribution is 2.29. The highest BCUT2D eigenvalue weighted by Gasteiger charge is 2.14. The SMILES string of the molecule is CCCOc1ccc(-c2ccc(C)c(C(=O)O)c2)cc1CNC(=O)c1ccc(Cl)cc1Cl. The van der Waals surface area contributed by atoms with Crippen molar-refractivity contribution >= 4 is 35.1 Å². The maximum atomic E-state index is 12.6. The quantitative estimate of drug-likeness (QED) is 0.399. The zero-order chi connectivity index (χ0) is 23.3. The number of carbonyl (C=O) groups excluding carboxylic acids is 1. The minimum atomic E-state index is -0.973. The topological polar surface area (TPSA) is 75.6 Å². The molecule has 3 rings (SSSR count). The van der Waals surface area contributed by atoms with Gasteiger partial charge in [0.25, 0.3) is 5.91 Å². The first-order valence-electron chi connectivity index (χ1n) is 10.1. The van der Waals surface area contributed by atoms with Crippen LogP contribution < -0.4 is 10.1 Å². The molecule has 0 bridgehead atoms. The van der Waals surface area contributed by atoms with Crippen molar-refractivity contribution in [3.8, 4) is 16.9 Å². The minimum Gasteiger partial charge on any atom is -0.493 e. The summed E-state index contributed by atoms with van der Waals surface area (Å²) in [5, 5.41) is 13.0. The van der Waals surface area contributed by atoms with Gasteiger partial charge in [-0.15, -0.1) is 0 Å². The number of ether oxygens (including phenoxy) is 1. The second-order valence-electron chi connectivity index (χ2n) is 7.31. The van der Waals surface area contributed by atoms with Gasteiger partial charge in [0.2, 0.25) is 0 Å². The summed E-state index contributed by atoms with van der Waals surface area (Å²) in [6, 6.07) is 15.6. The second kappa shape index (κ2) is 10.5. The van der Waals surface area contributed by atoms with Crippen LogP contribution in [0.4, 0.5) is 0 Å². The summed E-state index contributed by atoms with van der Waals surface area (Å²) in [5.74, 6) is -0.648. The normalized spacial score (nSPS) is 10.6. The Balaban J connectivity index is 1.90. The molecule has 0 heterocycles. The Kier molecular flexibility index (Phi) is 7.78. The molecular weight excluding hydrogens is 449 g/mol. The Morgan fingerprint density at radius 2 is 1.69 bits per heavy atom. The monoisotopic (exact) mass is 471 g/mol. The van der Waals surface area contributed by atoms with Crippen molar-refractivity contribution in [2.45, 2.75) is 26.8 Å². The Bertz CT molecular complexity index is 1160. The van der Waals surface area contributed by atoms with Crippen molar-refractivity contribution < 1.29 is 19.4 Å². The number of carboxylic acids is 1. The zero-order valence-corrected chi connectivity index (χ0v) is 19.3. The second-order valence-corrected chi connectivity index (χ2v) is 8.16. The van der Waals surface area contributed by atoms with E-state index in [1.807, 2.05) is 31.2 Å². The average molecular weight is 472 g/mol. The lowest BCUT2D eigenvalue weighted by atomic mass is 9.98. The van der Waals surface area contributed by atoms with Gasteiger partial charge >= 0.3 is 5.97 Å². The third-order valence-corrected chi connectivity index (χ3v) is 5.49. The molecule has 3 aromatic carbocycles. The fourth-order valence-electron chi connectivity index (χ4n) is 3.23. The minimum absolute atomic E-state index is 0.211. The Labute approximate surface area is 196 Å². The average Bonchev–Trinajstić information content (AvgIpc) is 2.76. The van der Waals surface area contributed by atoms with Gasteiger partial charge in [0, 0.05) is 17.1 Å². The first-order chi connectivity index (χ1) is 15.3. The number of rotatable bonds is 8. The summed E-state index contributed by atoms with van der Waals surface area (Å²) in [5.41, 5.74) is 3.63. The van der Waals surface area contributed by atoms with Crippen LogP contribution in [0.2, 0.25) is 10.0 Å².